The second kappa shape index (κ2) is 15.4. The van der Waals surface area contributed by atoms with Gasteiger partial charge in [0.25, 0.3) is 0 Å². The molecule has 0 aromatic heterocycles. The molecule has 0 N–H and O–H groups in total. The maximum Gasteiger partial charge on any atom is -0.358 e. The van der Waals surface area contributed by atoms with E-state index in [1.165, 1.54) is 10.6 Å². The Morgan fingerprint density at radius 2 is 0.857 bits per heavy atom. The standard InChI is InChI=1S/2C8H11P.CH3.BrH.Pt/c2*1-9(2)8-6-4-3-5-7-8;;;/h2*3-7H,1-2H3;1H3;1H;/q;;-1;;+2/p-1. The van der Waals surface area contributed by atoms with E-state index in [2.05, 4.69) is 101 Å². The zero-order valence-electron chi connectivity index (χ0n) is 13.4. The summed E-state index contributed by atoms with van der Waals surface area (Å²) in [6.07, 6.45) is 0. The zero-order valence-corrected chi connectivity index (χ0v) is 19.0. The van der Waals surface area contributed by atoms with Crippen molar-refractivity contribution in [1.82, 2.24) is 0 Å². The van der Waals surface area contributed by atoms with Crippen LogP contribution >= 0.6 is 29.1 Å². The van der Waals surface area contributed by atoms with Gasteiger partial charge in [-0.3, -0.25) is 0 Å². The van der Waals surface area contributed by atoms with Crippen molar-refractivity contribution >= 4 is 39.7 Å². The molecular formula is C17H25BrP2Pt. The summed E-state index contributed by atoms with van der Waals surface area (Å²) in [5, 5.41) is 2.96. The van der Waals surface area contributed by atoms with Crippen molar-refractivity contribution in [2.24, 2.45) is 0 Å². The fourth-order valence-electron chi connectivity index (χ4n) is 1.45. The molecule has 0 bridgehead atoms. The fraction of sp³-hybridized carbons (Fsp3) is 0.235. The number of rotatable bonds is 2. The molecule has 0 atom stereocenters. The van der Waals surface area contributed by atoms with Crippen LogP contribution in [0.1, 0.15) is 0 Å². The van der Waals surface area contributed by atoms with Gasteiger partial charge in [0.05, 0.1) is 0 Å². The molecule has 4 heteroatoms. The van der Waals surface area contributed by atoms with Crippen LogP contribution in [0.3, 0.4) is 0 Å². The average Bonchev–Trinajstić information content (AvgIpc) is 2.51. The number of halogens is 1. The second-order valence-electron chi connectivity index (χ2n) is 4.46. The van der Waals surface area contributed by atoms with Crippen molar-refractivity contribution in [1.29, 1.82) is 0 Å². The maximum atomic E-state index is 2.91. The van der Waals surface area contributed by atoms with Gasteiger partial charge in [-0.25, -0.2) is 0 Å². The molecule has 120 valence electrons. The van der Waals surface area contributed by atoms with Gasteiger partial charge in [0, 0.05) is 0 Å². The van der Waals surface area contributed by atoms with Crippen LogP contribution in [0.15, 0.2) is 60.7 Å². The molecule has 0 fully saturated rings. The van der Waals surface area contributed by atoms with Gasteiger partial charge in [-0.2, -0.15) is 0 Å². The van der Waals surface area contributed by atoms with Crippen LogP contribution in [0.25, 0.3) is 0 Å². The van der Waals surface area contributed by atoms with Crippen molar-refractivity contribution < 1.29 is 17.8 Å². The van der Waals surface area contributed by atoms with Gasteiger partial charge < -0.3 is 7.43 Å². The van der Waals surface area contributed by atoms with Crippen LogP contribution in [0, 0.1) is 7.43 Å². The third-order valence-electron chi connectivity index (χ3n) is 2.55. The molecule has 21 heavy (non-hydrogen) atoms. The van der Waals surface area contributed by atoms with E-state index in [-0.39, 0.29) is 23.3 Å². The summed E-state index contributed by atoms with van der Waals surface area (Å²) in [6.45, 7) is 9.07. The van der Waals surface area contributed by atoms with E-state index >= 15 is 0 Å². The van der Waals surface area contributed by atoms with Gasteiger partial charge in [0.15, 0.2) is 0 Å². The molecule has 0 heterocycles. The van der Waals surface area contributed by atoms with Crippen LogP contribution in [0.5, 0.6) is 0 Å². The predicted molar refractivity (Wildman–Crippen MR) is 105 cm³/mol. The Morgan fingerprint density at radius 1 is 0.619 bits per heavy atom. The number of hydrogen-bond donors (Lipinski definition) is 0. The molecule has 0 aliphatic carbocycles. The van der Waals surface area contributed by atoms with E-state index in [0.29, 0.717) is 0 Å². The van der Waals surface area contributed by atoms with Crippen LogP contribution in [0.4, 0.5) is 0 Å². The zero-order chi connectivity index (χ0) is 15.4. The Bertz CT molecular complexity index is 390. The Hall–Kier alpha value is 0.468. The Kier molecular flexibility index (Phi) is 17.4. The third kappa shape index (κ3) is 11.7. The van der Waals surface area contributed by atoms with Crippen molar-refractivity contribution in [2.45, 2.75) is 0 Å². The van der Waals surface area contributed by atoms with E-state index in [9.17, 15) is 0 Å². The molecule has 2 rings (SSSR count). The van der Waals surface area contributed by atoms with Gasteiger partial charge in [-0.1, -0.05) is 76.5 Å². The molecule has 0 aliphatic rings. The second-order valence-corrected chi connectivity index (χ2v) is 9.07. The van der Waals surface area contributed by atoms with E-state index in [1.807, 2.05) is 17.8 Å². The van der Waals surface area contributed by atoms with Crippen LogP contribution in [-0.2, 0) is 17.8 Å². The summed E-state index contributed by atoms with van der Waals surface area (Å²) < 4.78 is 0. The first kappa shape index (κ1) is 23.7. The monoisotopic (exact) mass is 565 g/mol. The third-order valence-corrected chi connectivity index (χ3v) is 5.21. The molecular weight excluding hydrogens is 541 g/mol. The smallest absolute Gasteiger partial charge is 0.358 e. The number of benzene rings is 2. The minimum atomic E-state index is 0. The Labute approximate surface area is 151 Å². The van der Waals surface area contributed by atoms with Gasteiger partial charge in [0.1, 0.15) is 0 Å². The van der Waals surface area contributed by atoms with Gasteiger partial charge in [-0.15, -0.1) is 0 Å². The molecule has 0 spiro atoms. The van der Waals surface area contributed by atoms with Gasteiger partial charge in [-0.05, 0) is 37.3 Å². The largest absolute Gasteiger partial charge is 0.358 e. The van der Waals surface area contributed by atoms with Gasteiger partial charge >= 0.3 is 31.1 Å². The molecule has 0 saturated carbocycles. The summed E-state index contributed by atoms with van der Waals surface area (Å²) >= 11 is 4.86. The minimum Gasteiger partial charge on any atom is -0.358 e. The number of hydrogen-bond acceptors (Lipinski definition) is 0. The minimum absolute atomic E-state index is 0. The quantitative estimate of drug-likeness (QED) is 0.338. The average molecular weight is 566 g/mol. The molecule has 0 amide bonds. The summed E-state index contributed by atoms with van der Waals surface area (Å²) in [4.78, 5) is 0. The summed E-state index contributed by atoms with van der Waals surface area (Å²) in [7, 11) is 0.209. The van der Waals surface area contributed by atoms with Crippen LogP contribution in [0.2, 0.25) is 0 Å². The first-order valence-electron chi connectivity index (χ1n) is 6.18. The first-order chi connectivity index (χ1) is 9.61. The Balaban J connectivity index is 0. The van der Waals surface area contributed by atoms with Crippen molar-refractivity contribution in [2.75, 3.05) is 26.7 Å². The summed E-state index contributed by atoms with van der Waals surface area (Å²) in [5.74, 6) is 0. The topological polar surface area (TPSA) is 0 Å². The molecule has 0 nitrogen and oxygen atoms in total. The SMILES string of the molecule is CP(C)c1ccccc1.CP(C)c1ccccc1.[Br][Pt+].[CH3-]. The molecule has 2 aromatic rings. The first-order valence-corrected chi connectivity index (χ1v) is 15.6. The molecule has 0 unspecified atom stereocenters. The molecule has 0 aliphatic heterocycles. The van der Waals surface area contributed by atoms with Crippen molar-refractivity contribution in [3.63, 3.8) is 0 Å². The summed E-state index contributed by atoms with van der Waals surface area (Å²) in [5.41, 5.74) is 0. The summed E-state index contributed by atoms with van der Waals surface area (Å²) in [6, 6.07) is 21.2. The fourth-order valence-corrected chi connectivity index (χ4v) is 2.99. The van der Waals surface area contributed by atoms with Crippen LogP contribution in [-0.4, -0.2) is 26.7 Å². The van der Waals surface area contributed by atoms with E-state index < -0.39 is 0 Å². The molecule has 0 radical (unpaired) electrons. The Morgan fingerprint density at radius 3 is 1.00 bits per heavy atom. The van der Waals surface area contributed by atoms with E-state index in [4.69, 9.17) is 0 Å². The van der Waals surface area contributed by atoms with Gasteiger partial charge in [0.2, 0.25) is 0 Å². The maximum absolute atomic E-state index is 2.91. The van der Waals surface area contributed by atoms with Crippen molar-refractivity contribution in [3.05, 3.63) is 68.1 Å². The van der Waals surface area contributed by atoms with E-state index in [0.717, 1.165) is 0 Å². The molecule has 2 aromatic carbocycles. The predicted octanol–water partition coefficient (Wildman–Crippen LogP) is 5.40. The van der Waals surface area contributed by atoms with Crippen molar-refractivity contribution in [3.8, 4) is 0 Å². The molecule has 0 saturated heterocycles. The van der Waals surface area contributed by atoms with E-state index in [1.54, 1.807) is 0 Å². The van der Waals surface area contributed by atoms with Crippen LogP contribution < -0.4 is 10.6 Å². The normalized spacial score (nSPS) is 9.00.